The van der Waals surface area contributed by atoms with Crippen molar-refractivity contribution in [2.75, 3.05) is 0 Å². The minimum absolute atomic E-state index is 0.0260. The smallest absolute Gasteiger partial charge is 0.122 e. The topological polar surface area (TPSA) is 40.5 Å². The average Bonchev–Trinajstić information content (AvgIpc) is 3.07. The Labute approximate surface area is 208 Å². The molecule has 1 aliphatic rings. The lowest BCUT2D eigenvalue weighted by atomic mass is 9.73. The van der Waals surface area contributed by atoms with Crippen molar-refractivity contribution in [3.05, 3.63) is 57.6 Å². The molecule has 1 aliphatic carbocycles. The Hall–Kier alpha value is -1.96. The van der Waals surface area contributed by atoms with Gasteiger partial charge in [-0.2, -0.15) is 0 Å². The van der Waals surface area contributed by atoms with Gasteiger partial charge < -0.3 is 10.2 Å². The number of aromatic hydroxyl groups is 2. The maximum atomic E-state index is 11.7. The van der Waals surface area contributed by atoms with Gasteiger partial charge in [0.25, 0.3) is 0 Å². The molecule has 0 saturated heterocycles. The molecule has 2 aromatic carbocycles. The van der Waals surface area contributed by atoms with Crippen LogP contribution in [0.3, 0.4) is 0 Å². The minimum Gasteiger partial charge on any atom is -0.507 e. The fraction of sp³-hybridized carbons (Fsp3) is 0.625. The number of aryl methyl sites for hydroxylation is 2. The maximum absolute atomic E-state index is 11.7. The van der Waals surface area contributed by atoms with Gasteiger partial charge in [0, 0.05) is 17.0 Å². The summed E-state index contributed by atoms with van der Waals surface area (Å²) in [5.41, 5.74) is 6.61. The van der Waals surface area contributed by atoms with Crippen LogP contribution < -0.4 is 0 Å². The van der Waals surface area contributed by atoms with Gasteiger partial charge >= 0.3 is 0 Å². The second-order valence-corrected chi connectivity index (χ2v) is 11.2. The van der Waals surface area contributed by atoms with E-state index in [0.29, 0.717) is 29.3 Å². The van der Waals surface area contributed by atoms with Gasteiger partial charge in [-0.1, -0.05) is 102 Å². The highest BCUT2D eigenvalue weighted by Gasteiger charge is 2.32. The number of phenolic OH excluding ortho intramolecular Hbond substituents is 2. The molecule has 0 heterocycles. The van der Waals surface area contributed by atoms with E-state index in [0.717, 1.165) is 60.8 Å². The van der Waals surface area contributed by atoms with Gasteiger partial charge in [-0.25, -0.2) is 0 Å². The Morgan fingerprint density at radius 1 is 0.676 bits per heavy atom. The summed E-state index contributed by atoms with van der Waals surface area (Å²) in [5, 5.41) is 23.4. The van der Waals surface area contributed by atoms with E-state index in [2.05, 4.69) is 65.8 Å². The average molecular weight is 465 g/mol. The summed E-state index contributed by atoms with van der Waals surface area (Å²) in [5.74, 6) is 2.04. The van der Waals surface area contributed by atoms with Crippen LogP contribution in [0.4, 0.5) is 0 Å². The molecule has 3 rings (SSSR count). The second-order valence-electron chi connectivity index (χ2n) is 11.2. The fourth-order valence-corrected chi connectivity index (χ4v) is 6.39. The monoisotopic (exact) mass is 464 g/mol. The summed E-state index contributed by atoms with van der Waals surface area (Å²) in [7, 11) is 0. The Morgan fingerprint density at radius 2 is 1.06 bits per heavy atom. The third-order valence-electron chi connectivity index (χ3n) is 8.17. The van der Waals surface area contributed by atoms with E-state index in [9.17, 15) is 10.2 Å². The van der Waals surface area contributed by atoms with Crippen molar-refractivity contribution in [1.82, 2.24) is 0 Å². The largest absolute Gasteiger partial charge is 0.507 e. The highest BCUT2D eigenvalue weighted by Crippen LogP contribution is 2.49. The molecule has 0 spiro atoms. The molecule has 2 aromatic rings. The van der Waals surface area contributed by atoms with Crippen LogP contribution in [0.25, 0.3) is 0 Å². The molecular weight excluding hydrogens is 416 g/mol. The Kier molecular flexibility index (Phi) is 9.51. The first-order valence-corrected chi connectivity index (χ1v) is 13.9. The molecule has 34 heavy (non-hydrogen) atoms. The highest BCUT2D eigenvalue weighted by atomic mass is 16.3. The summed E-state index contributed by atoms with van der Waals surface area (Å²) in [4.78, 5) is 0. The summed E-state index contributed by atoms with van der Waals surface area (Å²) < 4.78 is 0. The predicted octanol–water partition coefficient (Wildman–Crippen LogP) is 9.62. The van der Waals surface area contributed by atoms with Crippen molar-refractivity contribution in [1.29, 1.82) is 0 Å². The molecule has 2 N–H and O–H groups in total. The quantitative estimate of drug-likeness (QED) is 0.363. The van der Waals surface area contributed by atoms with Gasteiger partial charge in [0.05, 0.1) is 0 Å². The van der Waals surface area contributed by atoms with Crippen LogP contribution in [0.15, 0.2) is 24.3 Å². The molecule has 188 valence electrons. The molecule has 0 aliphatic heterocycles. The highest BCUT2D eigenvalue weighted by molar-refractivity contribution is 5.55. The van der Waals surface area contributed by atoms with Crippen LogP contribution in [0.2, 0.25) is 0 Å². The fourth-order valence-electron chi connectivity index (χ4n) is 6.39. The molecule has 0 aromatic heterocycles. The van der Waals surface area contributed by atoms with E-state index in [-0.39, 0.29) is 5.92 Å². The standard InChI is InChI=1S/C32H48O2/c1-7-13-23(5)26-17-21(3)19-28(31(26)33)30(25-15-11-9-10-12-16-25)29-20-22(4)18-27(32(29)34)24(6)14-8-2/h17-20,23-25,30,33-34H,7-16H2,1-6H3/t23-,24+,30?. The van der Waals surface area contributed by atoms with Crippen molar-refractivity contribution < 1.29 is 10.2 Å². The van der Waals surface area contributed by atoms with Gasteiger partial charge in [0.15, 0.2) is 0 Å². The molecule has 1 fully saturated rings. The number of rotatable bonds is 9. The molecule has 1 unspecified atom stereocenters. The number of phenols is 2. The van der Waals surface area contributed by atoms with Gasteiger partial charge in [-0.3, -0.25) is 0 Å². The molecule has 0 radical (unpaired) electrons. The molecular formula is C32H48O2. The van der Waals surface area contributed by atoms with Gasteiger partial charge in [-0.05, 0) is 68.4 Å². The Bertz CT molecular complexity index is 869. The van der Waals surface area contributed by atoms with Gasteiger partial charge in [-0.15, -0.1) is 0 Å². The first kappa shape index (κ1) is 26.6. The lowest BCUT2D eigenvalue weighted by molar-refractivity contribution is 0.376. The molecule has 2 nitrogen and oxygen atoms in total. The van der Waals surface area contributed by atoms with Crippen LogP contribution in [0, 0.1) is 19.8 Å². The lowest BCUT2D eigenvalue weighted by Crippen LogP contribution is -2.16. The predicted molar refractivity (Wildman–Crippen MR) is 145 cm³/mol. The summed E-state index contributed by atoms with van der Waals surface area (Å²) in [6, 6.07) is 8.75. The summed E-state index contributed by atoms with van der Waals surface area (Å²) in [6.45, 7) is 13.2. The minimum atomic E-state index is 0.0260. The summed E-state index contributed by atoms with van der Waals surface area (Å²) >= 11 is 0. The SMILES string of the molecule is CCC[C@@H](C)c1cc(C)cc(C(c2cc(C)cc([C@@H](C)CCC)c2O)C2CCCCCC2)c1O. The van der Waals surface area contributed by atoms with E-state index in [1.54, 1.807) is 0 Å². The van der Waals surface area contributed by atoms with E-state index in [1.165, 1.54) is 36.8 Å². The second kappa shape index (κ2) is 12.1. The van der Waals surface area contributed by atoms with Crippen LogP contribution in [0.1, 0.15) is 143 Å². The molecule has 0 bridgehead atoms. The first-order chi connectivity index (χ1) is 16.3. The molecule has 2 heteroatoms. The van der Waals surface area contributed by atoms with Crippen LogP contribution in [-0.2, 0) is 0 Å². The van der Waals surface area contributed by atoms with E-state index in [1.807, 2.05) is 0 Å². The Balaban J connectivity index is 2.23. The van der Waals surface area contributed by atoms with Gasteiger partial charge in [0.1, 0.15) is 11.5 Å². The van der Waals surface area contributed by atoms with E-state index in [4.69, 9.17) is 0 Å². The molecule has 1 saturated carbocycles. The molecule has 0 amide bonds. The summed E-state index contributed by atoms with van der Waals surface area (Å²) in [6.07, 6.45) is 11.7. The zero-order chi connectivity index (χ0) is 24.8. The van der Waals surface area contributed by atoms with Gasteiger partial charge in [0.2, 0.25) is 0 Å². The zero-order valence-electron chi connectivity index (χ0n) is 22.6. The maximum Gasteiger partial charge on any atom is 0.122 e. The van der Waals surface area contributed by atoms with Crippen LogP contribution in [-0.4, -0.2) is 10.2 Å². The Morgan fingerprint density at radius 3 is 1.44 bits per heavy atom. The van der Waals surface area contributed by atoms with Crippen molar-refractivity contribution in [2.45, 2.75) is 124 Å². The van der Waals surface area contributed by atoms with E-state index >= 15 is 0 Å². The van der Waals surface area contributed by atoms with Crippen molar-refractivity contribution in [3.63, 3.8) is 0 Å². The zero-order valence-corrected chi connectivity index (χ0v) is 22.6. The normalized spacial score (nSPS) is 17.8. The van der Waals surface area contributed by atoms with Crippen molar-refractivity contribution in [3.8, 4) is 11.5 Å². The molecule has 3 atom stereocenters. The lowest BCUT2D eigenvalue weighted by Gasteiger charge is -2.31. The first-order valence-electron chi connectivity index (χ1n) is 13.9. The third-order valence-corrected chi connectivity index (χ3v) is 8.17. The van der Waals surface area contributed by atoms with E-state index < -0.39 is 0 Å². The van der Waals surface area contributed by atoms with Crippen LogP contribution >= 0.6 is 0 Å². The number of benzene rings is 2. The van der Waals surface area contributed by atoms with Crippen molar-refractivity contribution in [2.24, 2.45) is 5.92 Å². The van der Waals surface area contributed by atoms with Crippen LogP contribution in [0.5, 0.6) is 11.5 Å². The van der Waals surface area contributed by atoms with Crippen molar-refractivity contribution >= 4 is 0 Å². The number of hydrogen-bond donors (Lipinski definition) is 2. The third kappa shape index (κ3) is 5.99. The number of hydrogen-bond acceptors (Lipinski definition) is 2.